The molecule has 8 nitrogen and oxygen atoms in total. The smallest absolute Gasteiger partial charge is 0.327 e. The maximum Gasteiger partial charge on any atom is 0.327 e. The molecular weight excluding hydrogens is 502 g/mol. The topological polar surface area (TPSA) is 129 Å². The van der Waals surface area contributed by atoms with Gasteiger partial charge in [0, 0.05) is 5.56 Å². The molecule has 0 fully saturated rings. The van der Waals surface area contributed by atoms with Crippen LogP contribution in [0.15, 0.2) is 42.5 Å². The van der Waals surface area contributed by atoms with E-state index in [0.717, 1.165) is 22.3 Å². The molecule has 2 aromatic carbocycles. The van der Waals surface area contributed by atoms with Crippen molar-refractivity contribution in [1.82, 2.24) is 0 Å². The summed E-state index contributed by atoms with van der Waals surface area (Å²) >= 11 is 0. The Bertz CT molecular complexity index is 921. The predicted octanol–water partition coefficient (Wildman–Crippen LogP) is 5.15. The largest absolute Gasteiger partial charge is 0.485 e. The van der Waals surface area contributed by atoms with Crippen molar-refractivity contribution in [3.63, 3.8) is 0 Å². The molecule has 1 atom stereocenters. The van der Waals surface area contributed by atoms with Gasteiger partial charge in [0.2, 0.25) is 0 Å². The van der Waals surface area contributed by atoms with Crippen LogP contribution in [-0.4, -0.2) is 44.5 Å². The molecule has 0 aliphatic heterocycles. The standard InChI is InChI=1S/C26H40O8P2/c1-18-13-20(24(2,3)4)22(21(14-18)25(5,6)7)23(34-19-11-9-8-10-12-19)26(15-27,16-32-35(28)29)17-33-36(30)31/h8-14,23,27-31H,15-17H2,1-7H3. The van der Waals surface area contributed by atoms with E-state index >= 15 is 0 Å². The Labute approximate surface area is 216 Å². The molecule has 0 heterocycles. The van der Waals surface area contributed by atoms with E-state index < -0.39 is 35.3 Å². The molecule has 0 spiro atoms. The Morgan fingerprint density at radius 3 is 1.58 bits per heavy atom. The van der Waals surface area contributed by atoms with Crippen molar-refractivity contribution in [2.24, 2.45) is 5.41 Å². The monoisotopic (exact) mass is 542 g/mol. The third-order valence-corrected chi connectivity index (χ3v) is 6.73. The molecule has 1 unspecified atom stereocenters. The summed E-state index contributed by atoms with van der Waals surface area (Å²) in [5.74, 6) is 0.520. The molecule has 0 aromatic heterocycles. The average molecular weight is 543 g/mol. The fraction of sp³-hybridized carbons (Fsp3) is 0.538. The SMILES string of the molecule is Cc1cc(C(C)(C)C)c(C(Oc2ccccc2)C(CO)(COP(O)O)COP(O)O)c(C(C)(C)C)c1. The molecule has 0 saturated heterocycles. The van der Waals surface area contributed by atoms with E-state index in [1.54, 1.807) is 12.1 Å². The van der Waals surface area contributed by atoms with Crippen molar-refractivity contribution >= 4 is 17.2 Å². The third-order valence-electron chi connectivity index (χ3n) is 6.01. The zero-order valence-corrected chi connectivity index (χ0v) is 23.9. The molecule has 5 N–H and O–H groups in total. The highest BCUT2D eigenvalue weighted by Crippen LogP contribution is 2.49. The number of hydrogen-bond donors (Lipinski definition) is 5. The van der Waals surface area contributed by atoms with Gasteiger partial charge in [-0.3, -0.25) is 0 Å². The van der Waals surface area contributed by atoms with E-state index in [0.29, 0.717) is 5.75 Å². The molecule has 0 bridgehead atoms. The highest BCUT2D eigenvalue weighted by atomic mass is 31.2. The Kier molecular flexibility index (Phi) is 10.8. The molecule has 0 radical (unpaired) electrons. The van der Waals surface area contributed by atoms with Crippen molar-refractivity contribution in [3.8, 4) is 5.75 Å². The molecule has 10 heteroatoms. The van der Waals surface area contributed by atoms with Gasteiger partial charge in [-0.05, 0) is 41.0 Å². The van der Waals surface area contributed by atoms with Crippen LogP contribution >= 0.6 is 17.2 Å². The molecule has 2 aromatic rings. The molecular formula is C26H40O8P2. The van der Waals surface area contributed by atoms with E-state index in [1.165, 1.54) is 0 Å². The zero-order chi connectivity index (χ0) is 27.3. The first kappa shape index (κ1) is 31.0. The molecule has 0 aliphatic rings. The highest BCUT2D eigenvalue weighted by Gasteiger charge is 2.47. The summed E-state index contributed by atoms with van der Waals surface area (Å²) in [5, 5.41) is 10.8. The van der Waals surface area contributed by atoms with Crippen LogP contribution in [0.5, 0.6) is 5.75 Å². The van der Waals surface area contributed by atoms with Crippen LogP contribution in [0, 0.1) is 12.3 Å². The van der Waals surface area contributed by atoms with Crippen molar-refractivity contribution in [2.45, 2.75) is 65.4 Å². The minimum atomic E-state index is -2.76. The molecule has 202 valence electrons. The first-order valence-corrected chi connectivity index (χ1v) is 14.0. The summed E-state index contributed by atoms with van der Waals surface area (Å²) in [6.07, 6.45) is -0.918. The van der Waals surface area contributed by atoms with Crippen molar-refractivity contribution in [2.75, 3.05) is 19.8 Å². The number of rotatable bonds is 11. The maximum absolute atomic E-state index is 10.8. The van der Waals surface area contributed by atoms with E-state index in [9.17, 15) is 24.7 Å². The normalized spacial score (nSPS) is 13.9. The number of para-hydroxylation sites is 1. The number of aliphatic hydroxyl groups is 1. The summed E-state index contributed by atoms with van der Waals surface area (Å²) in [7, 11) is -5.51. The summed E-state index contributed by atoms with van der Waals surface area (Å²) < 4.78 is 17.1. The minimum absolute atomic E-state index is 0.330. The number of aryl methyl sites for hydroxylation is 1. The summed E-state index contributed by atoms with van der Waals surface area (Å²) in [6, 6.07) is 13.3. The highest BCUT2D eigenvalue weighted by molar-refractivity contribution is 7.39. The second-order valence-corrected chi connectivity index (χ2v) is 12.7. The van der Waals surface area contributed by atoms with Gasteiger partial charge in [-0.15, -0.1) is 0 Å². The van der Waals surface area contributed by atoms with Crippen LogP contribution in [0.3, 0.4) is 0 Å². The van der Waals surface area contributed by atoms with Crippen molar-refractivity contribution in [3.05, 3.63) is 64.7 Å². The fourth-order valence-electron chi connectivity index (χ4n) is 4.19. The van der Waals surface area contributed by atoms with Crippen LogP contribution in [0.4, 0.5) is 0 Å². The summed E-state index contributed by atoms with van der Waals surface area (Å²) in [4.78, 5) is 38.3. The number of ether oxygens (including phenoxy) is 1. The van der Waals surface area contributed by atoms with Gasteiger partial charge < -0.3 is 38.5 Å². The van der Waals surface area contributed by atoms with Crippen LogP contribution < -0.4 is 4.74 Å². The Hall–Kier alpha value is -1.18. The summed E-state index contributed by atoms with van der Waals surface area (Å²) in [5.41, 5.74) is 1.76. The first-order chi connectivity index (χ1) is 16.6. The lowest BCUT2D eigenvalue weighted by molar-refractivity contribution is -0.0664. The van der Waals surface area contributed by atoms with Crippen molar-refractivity contribution in [1.29, 1.82) is 0 Å². The lowest BCUT2D eigenvalue weighted by Gasteiger charge is -2.43. The number of aliphatic hydroxyl groups excluding tert-OH is 1. The van der Waals surface area contributed by atoms with Gasteiger partial charge in [0.1, 0.15) is 11.9 Å². The number of hydrogen-bond acceptors (Lipinski definition) is 8. The van der Waals surface area contributed by atoms with Crippen LogP contribution in [0.1, 0.15) is 69.9 Å². The molecule has 0 amide bonds. The molecule has 0 saturated carbocycles. The van der Waals surface area contributed by atoms with E-state index in [1.807, 2.05) is 25.1 Å². The van der Waals surface area contributed by atoms with Gasteiger partial charge in [-0.1, -0.05) is 77.4 Å². The average Bonchev–Trinajstić information content (AvgIpc) is 2.77. The Morgan fingerprint density at radius 1 is 0.778 bits per heavy atom. The lowest BCUT2D eigenvalue weighted by atomic mass is 9.69. The summed E-state index contributed by atoms with van der Waals surface area (Å²) in [6.45, 7) is 13.3. The molecule has 0 aliphatic carbocycles. The van der Waals surface area contributed by atoms with Crippen molar-refractivity contribution < 1.29 is 38.5 Å². The Balaban J connectivity index is 2.95. The van der Waals surface area contributed by atoms with E-state index in [4.69, 9.17) is 13.8 Å². The van der Waals surface area contributed by atoms with Gasteiger partial charge in [0.25, 0.3) is 0 Å². The molecule has 36 heavy (non-hydrogen) atoms. The van der Waals surface area contributed by atoms with Gasteiger partial charge in [-0.25, -0.2) is 0 Å². The van der Waals surface area contributed by atoms with Crippen LogP contribution in [0.25, 0.3) is 0 Å². The van der Waals surface area contributed by atoms with Gasteiger partial charge in [0.15, 0.2) is 0 Å². The van der Waals surface area contributed by atoms with Gasteiger partial charge in [0.05, 0.1) is 25.2 Å². The van der Waals surface area contributed by atoms with E-state index in [2.05, 4.69) is 53.7 Å². The minimum Gasteiger partial charge on any atom is -0.485 e. The van der Waals surface area contributed by atoms with Gasteiger partial charge >= 0.3 is 17.2 Å². The fourth-order valence-corrected chi connectivity index (χ4v) is 4.93. The Morgan fingerprint density at radius 2 is 1.22 bits per heavy atom. The maximum atomic E-state index is 10.8. The first-order valence-electron chi connectivity index (χ1n) is 11.7. The van der Waals surface area contributed by atoms with E-state index in [-0.39, 0.29) is 24.0 Å². The third kappa shape index (κ3) is 8.16. The number of benzene rings is 2. The van der Waals surface area contributed by atoms with Crippen LogP contribution in [0.2, 0.25) is 0 Å². The quantitative estimate of drug-likeness (QED) is 0.247. The second-order valence-electron chi connectivity index (χ2n) is 11.2. The predicted molar refractivity (Wildman–Crippen MR) is 143 cm³/mol. The van der Waals surface area contributed by atoms with Crippen LogP contribution in [-0.2, 0) is 19.9 Å². The lowest BCUT2D eigenvalue weighted by Crippen LogP contribution is -2.45. The van der Waals surface area contributed by atoms with Gasteiger partial charge in [-0.2, -0.15) is 0 Å². The molecule has 2 rings (SSSR count). The zero-order valence-electron chi connectivity index (χ0n) is 22.1. The second kappa shape index (κ2) is 12.6.